The van der Waals surface area contributed by atoms with Gasteiger partial charge >= 0.3 is 0 Å². The van der Waals surface area contributed by atoms with E-state index in [4.69, 9.17) is 11.6 Å². The van der Waals surface area contributed by atoms with Crippen LogP contribution in [-0.2, 0) is 4.79 Å². The fourth-order valence-electron chi connectivity index (χ4n) is 4.24. The summed E-state index contributed by atoms with van der Waals surface area (Å²) in [7, 11) is 0. The zero-order valence-electron chi connectivity index (χ0n) is 15.8. The largest absolute Gasteiger partial charge is 0.358 e. The van der Waals surface area contributed by atoms with Crippen LogP contribution in [0.5, 0.6) is 0 Å². The summed E-state index contributed by atoms with van der Waals surface area (Å²) >= 11 is 8.28. The van der Waals surface area contributed by atoms with Crippen molar-refractivity contribution in [3.8, 4) is 0 Å². The van der Waals surface area contributed by atoms with Gasteiger partial charge in [-0.2, -0.15) is 0 Å². The molecule has 3 aromatic carbocycles. The van der Waals surface area contributed by atoms with Crippen LogP contribution in [0.2, 0.25) is 5.02 Å². The minimum absolute atomic E-state index is 0.112. The molecule has 0 spiro atoms. The predicted molar refractivity (Wildman–Crippen MR) is 121 cm³/mol. The molecule has 4 heteroatoms. The Bertz CT molecular complexity index is 1110. The summed E-state index contributed by atoms with van der Waals surface area (Å²) in [5.74, 6) is 0.398. The lowest BCUT2D eigenvalue weighted by molar-refractivity contribution is -0.116. The summed E-state index contributed by atoms with van der Waals surface area (Å²) in [6.07, 6.45) is 1.35. The van der Waals surface area contributed by atoms with E-state index in [-0.39, 0.29) is 17.0 Å². The highest BCUT2D eigenvalue weighted by atomic mass is 35.5. The lowest BCUT2D eigenvalue weighted by Crippen LogP contribution is -2.24. The molecule has 0 unspecified atom stereocenters. The SMILES string of the molecule is O=C1C[C@H](c2ccccc2)CC2=C1[C@@H](c1ccccc1Cl)Sc1ccccc1N2. The fraction of sp³-hybridized carbons (Fsp3) is 0.160. The van der Waals surface area contributed by atoms with Gasteiger partial charge in [0.25, 0.3) is 0 Å². The number of thioether (sulfide) groups is 1. The van der Waals surface area contributed by atoms with E-state index in [0.29, 0.717) is 11.4 Å². The van der Waals surface area contributed by atoms with Crippen molar-refractivity contribution in [2.24, 2.45) is 0 Å². The molecule has 0 saturated heterocycles. The van der Waals surface area contributed by atoms with Gasteiger partial charge in [-0.1, -0.05) is 72.3 Å². The van der Waals surface area contributed by atoms with E-state index in [9.17, 15) is 4.79 Å². The smallest absolute Gasteiger partial charge is 0.162 e. The summed E-state index contributed by atoms with van der Waals surface area (Å²) in [6, 6.07) is 26.5. The average molecular weight is 418 g/mol. The first-order chi connectivity index (χ1) is 14.2. The molecule has 2 atom stereocenters. The van der Waals surface area contributed by atoms with Gasteiger partial charge in [-0.3, -0.25) is 4.79 Å². The highest BCUT2D eigenvalue weighted by molar-refractivity contribution is 8.00. The molecule has 0 bridgehead atoms. The number of fused-ring (bicyclic) bond motifs is 1. The van der Waals surface area contributed by atoms with Crippen LogP contribution in [0.15, 0.2) is 95.0 Å². The zero-order valence-corrected chi connectivity index (χ0v) is 17.3. The molecule has 3 aromatic rings. The Labute approximate surface area is 180 Å². The van der Waals surface area contributed by atoms with Crippen LogP contribution < -0.4 is 5.32 Å². The summed E-state index contributed by atoms with van der Waals surface area (Å²) in [5, 5.41) is 4.20. The number of ketones is 1. The summed E-state index contributed by atoms with van der Waals surface area (Å²) in [5.41, 5.74) is 5.16. The van der Waals surface area contributed by atoms with Crippen molar-refractivity contribution in [3.05, 3.63) is 106 Å². The number of hydrogen-bond donors (Lipinski definition) is 1. The topological polar surface area (TPSA) is 29.1 Å². The van der Waals surface area contributed by atoms with Crippen LogP contribution >= 0.6 is 23.4 Å². The first kappa shape index (κ1) is 18.5. The molecule has 0 fully saturated rings. The van der Waals surface area contributed by atoms with Crippen molar-refractivity contribution in [2.45, 2.75) is 28.9 Å². The van der Waals surface area contributed by atoms with Crippen LogP contribution in [0.3, 0.4) is 0 Å². The Balaban J connectivity index is 1.64. The monoisotopic (exact) mass is 417 g/mol. The van der Waals surface area contributed by atoms with E-state index in [0.717, 1.165) is 33.8 Å². The molecular formula is C25H20ClNOS. The number of halogens is 1. The highest BCUT2D eigenvalue weighted by Crippen LogP contribution is 2.52. The molecule has 0 radical (unpaired) electrons. The second-order valence-corrected chi connectivity index (χ2v) is 9.03. The standard InChI is InChI=1S/C25H20ClNOS/c26-19-11-5-4-10-18(19)25-24-21(27-20-12-6-7-13-23(20)29-25)14-17(15-22(24)28)16-8-2-1-3-9-16/h1-13,17,25,27H,14-15H2/t17-,25-/m1/s1. The van der Waals surface area contributed by atoms with Gasteiger partial charge < -0.3 is 5.32 Å². The van der Waals surface area contributed by atoms with E-state index in [2.05, 4.69) is 29.6 Å². The molecule has 144 valence electrons. The molecule has 1 N–H and O–H groups in total. The number of carbonyl (C=O) groups is 1. The minimum atomic E-state index is -0.112. The van der Waals surface area contributed by atoms with Crippen LogP contribution in [0.25, 0.3) is 0 Å². The second kappa shape index (κ2) is 7.74. The van der Waals surface area contributed by atoms with Crippen LogP contribution in [0, 0.1) is 0 Å². The number of carbonyl (C=O) groups excluding carboxylic acids is 1. The maximum Gasteiger partial charge on any atom is 0.162 e. The zero-order chi connectivity index (χ0) is 19.8. The fourth-order valence-corrected chi connectivity index (χ4v) is 5.93. The third-order valence-corrected chi connectivity index (χ3v) is 7.33. The molecular weight excluding hydrogens is 398 g/mol. The molecule has 0 amide bonds. The molecule has 0 aromatic heterocycles. The third-order valence-electron chi connectivity index (χ3n) is 5.65. The number of nitrogens with one attached hydrogen (secondary N) is 1. The summed E-state index contributed by atoms with van der Waals surface area (Å²) in [4.78, 5) is 14.6. The first-order valence-corrected chi connectivity index (χ1v) is 11.0. The Morgan fingerprint density at radius 1 is 0.862 bits per heavy atom. The van der Waals surface area contributed by atoms with E-state index in [1.807, 2.05) is 54.6 Å². The first-order valence-electron chi connectivity index (χ1n) is 9.79. The molecule has 29 heavy (non-hydrogen) atoms. The molecule has 2 aliphatic rings. The average Bonchev–Trinajstić information content (AvgIpc) is 2.91. The lowest BCUT2D eigenvalue weighted by atomic mass is 9.80. The normalized spacial score (nSPS) is 21.1. The van der Waals surface area contributed by atoms with E-state index >= 15 is 0 Å². The third kappa shape index (κ3) is 3.50. The van der Waals surface area contributed by atoms with Gasteiger partial charge in [-0.05, 0) is 41.7 Å². The number of allylic oxidation sites excluding steroid dienone is 1. The Morgan fingerprint density at radius 3 is 2.41 bits per heavy atom. The van der Waals surface area contributed by atoms with Crippen molar-refractivity contribution in [3.63, 3.8) is 0 Å². The summed E-state index contributed by atoms with van der Waals surface area (Å²) in [6.45, 7) is 0. The van der Waals surface area contributed by atoms with Gasteiger partial charge in [0.05, 0.1) is 10.9 Å². The number of hydrogen-bond acceptors (Lipinski definition) is 3. The van der Waals surface area contributed by atoms with Crippen molar-refractivity contribution in [1.82, 2.24) is 0 Å². The molecule has 5 rings (SSSR count). The van der Waals surface area contributed by atoms with Gasteiger partial charge in [0.1, 0.15) is 0 Å². The van der Waals surface area contributed by atoms with Crippen molar-refractivity contribution >= 4 is 34.8 Å². The molecule has 2 nitrogen and oxygen atoms in total. The van der Waals surface area contributed by atoms with Gasteiger partial charge in [0.2, 0.25) is 0 Å². The second-order valence-electron chi connectivity index (χ2n) is 7.47. The number of para-hydroxylation sites is 1. The summed E-state index contributed by atoms with van der Waals surface area (Å²) < 4.78 is 0. The van der Waals surface area contributed by atoms with Crippen LogP contribution in [0.1, 0.15) is 35.1 Å². The van der Waals surface area contributed by atoms with E-state index in [1.165, 1.54) is 5.56 Å². The van der Waals surface area contributed by atoms with Crippen molar-refractivity contribution in [1.29, 1.82) is 0 Å². The molecule has 1 heterocycles. The molecule has 1 aliphatic carbocycles. The molecule has 0 saturated carbocycles. The van der Waals surface area contributed by atoms with E-state index < -0.39 is 0 Å². The Hall–Kier alpha value is -2.49. The van der Waals surface area contributed by atoms with Crippen LogP contribution in [0.4, 0.5) is 5.69 Å². The minimum Gasteiger partial charge on any atom is -0.358 e. The molecule has 1 aliphatic heterocycles. The highest BCUT2D eigenvalue weighted by Gasteiger charge is 2.37. The predicted octanol–water partition coefficient (Wildman–Crippen LogP) is 7.00. The lowest BCUT2D eigenvalue weighted by Gasteiger charge is -2.29. The number of benzene rings is 3. The van der Waals surface area contributed by atoms with Gasteiger partial charge in [-0.15, -0.1) is 11.8 Å². The number of anilines is 1. The Morgan fingerprint density at radius 2 is 1.59 bits per heavy atom. The van der Waals surface area contributed by atoms with E-state index in [1.54, 1.807) is 11.8 Å². The number of Topliss-reactive ketones (excluding diaryl/α,β-unsaturated/α-hetero) is 1. The van der Waals surface area contributed by atoms with Gasteiger partial charge in [-0.25, -0.2) is 0 Å². The quantitative estimate of drug-likeness (QED) is 0.486. The maximum absolute atomic E-state index is 13.5. The maximum atomic E-state index is 13.5. The van der Waals surface area contributed by atoms with Gasteiger partial charge in [0.15, 0.2) is 5.78 Å². The van der Waals surface area contributed by atoms with Crippen molar-refractivity contribution in [2.75, 3.05) is 5.32 Å². The number of rotatable bonds is 2. The van der Waals surface area contributed by atoms with Gasteiger partial charge in [0, 0.05) is 27.6 Å². The van der Waals surface area contributed by atoms with Crippen molar-refractivity contribution < 1.29 is 4.79 Å². The van der Waals surface area contributed by atoms with Crippen LogP contribution in [-0.4, -0.2) is 5.78 Å². The Kier molecular flexibility index (Phi) is 4.94.